The third-order valence-corrected chi connectivity index (χ3v) is 6.96. The monoisotopic (exact) mass is 523 g/mol. The zero-order valence-electron chi connectivity index (χ0n) is 19.2. The van der Waals surface area contributed by atoms with Gasteiger partial charge in [-0.3, -0.25) is 9.36 Å². The molecule has 1 aliphatic heterocycles. The van der Waals surface area contributed by atoms with Crippen LogP contribution >= 0.6 is 11.6 Å². The number of ether oxygens (including phenoxy) is 1. The number of anilines is 3. The Morgan fingerprint density at radius 2 is 1.86 bits per heavy atom. The lowest BCUT2D eigenvalue weighted by Gasteiger charge is -2.29. The summed E-state index contributed by atoms with van der Waals surface area (Å²) >= 11 is 5.76. The Bertz CT molecular complexity index is 1260. The summed E-state index contributed by atoms with van der Waals surface area (Å²) in [5.41, 5.74) is 5.88. The molecule has 3 heterocycles. The van der Waals surface area contributed by atoms with Gasteiger partial charge >= 0.3 is 0 Å². The molecule has 2 aliphatic rings. The van der Waals surface area contributed by atoms with Crippen molar-refractivity contribution in [2.75, 3.05) is 23.8 Å². The summed E-state index contributed by atoms with van der Waals surface area (Å²) in [4.78, 5) is 25.0. The van der Waals surface area contributed by atoms with Gasteiger partial charge in [0, 0.05) is 23.6 Å². The van der Waals surface area contributed by atoms with Gasteiger partial charge in [0.25, 0.3) is 0 Å². The quantitative estimate of drug-likeness (QED) is 0.441. The lowest BCUT2D eigenvalue weighted by Crippen LogP contribution is -2.39. The van der Waals surface area contributed by atoms with E-state index in [9.17, 15) is 18.0 Å². The Labute approximate surface area is 209 Å². The van der Waals surface area contributed by atoms with Crippen molar-refractivity contribution < 1.29 is 22.7 Å². The van der Waals surface area contributed by atoms with Crippen LogP contribution in [-0.2, 0) is 9.53 Å². The van der Waals surface area contributed by atoms with Crippen molar-refractivity contribution in [3.63, 3.8) is 0 Å². The van der Waals surface area contributed by atoms with Gasteiger partial charge in [0.15, 0.2) is 17.3 Å². The van der Waals surface area contributed by atoms with Gasteiger partial charge < -0.3 is 21.1 Å². The number of fused-ring (bicyclic) bond motifs is 1. The van der Waals surface area contributed by atoms with Crippen LogP contribution in [0.2, 0.25) is 5.02 Å². The highest BCUT2D eigenvalue weighted by atomic mass is 35.5. The molecular formula is C23H25ClF3N7O2. The van der Waals surface area contributed by atoms with Gasteiger partial charge in [-0.1, -0.05) is 11.6 Å². The van der Waals surface area contributed by atoms with E-state index in [0.29, 0.717) is 49.9 Å². The third kappa shape index (κ3) is 4.92. The van der Waals surface area contributed by atoms with E-state index in [4.69, 9.17) is 22.1 Å². The molecule has 0 radical (unpaired) electrons. The molecule has 4 N–H and O–H groups in total. The minimum Gasteiger partial charge on any atom is -0.378 e. The molecule has 2 aromatic heterocycles. The number of hydrogen-bond donors (Lipinski definition) is 3. The Kier molecular flexibility index (Phi) is 6.89. The smallest absolute Gasteiger partial charge is 0.225 e. The maximum Gasteiger partial charge on any atom is 0.225 e. The molecule has 3 aromatic rings. The molecule has 0 bridgehead atoms. The molecule has 192 valence electrons. The molecule has 1 aromatic carbocycles. The Morgan fingerprint density at radius 1 is 1.14 bits per heavy atom. The van der Waals surface area contributed by atoms with Crippen LogP contribution in [0.1, 0.15) is 38.1 Å². The van der Waals surface area contributed by atoms with Crippen LogP contribution in [0.5, 0.6) is 0 Å². The standard InChI is InChI=1S/C23H25ClF3N7O2/c24-12-7-14(25)19(15(26)8-12)32-23-31-18-9-29-22(30-17-5-6-36-10-16(17)27)33-21(18)34(23)13-3-1-11(2-4-13)20(28)35/h7-9,11,13,16-17H,1-6,10H2,(H2,28,35)(H,31,32)(H,29,30,33)/t11?,13?,16-,17-/m1/s1. The minimum atomic E-state index is -1.21. The number of nitrogens with one attached hydrogen (secondary N) is 2. The summed E-state index contributed by atoms with van der Waals surface area (Å²) in [5.74, 6) is -1.97. The summed E-state index contributed by atoms with van der Waals surface area (Å²) < 4.78 is 50.3. The molecule has 0 unspecified atom stereocenters. The first-order valence-electron chi connectivity index (χ1n) is 11.7. The number of rotatable bonds is 6. The summed E-state index contributed by atoms with van der Waals surface area (Å²) in [6.45, 7) is 0.418. The van der Waals surface area contributed by atoms with Crippen molar-refractivity contribution in [3.8, 4) is 0 Å². The van der Waals surface area contributed by atoms with Crippen LogP contribution in [0.25, 0.3) is 11.2 Å². The predicted molar refractivity (Wildman–Crippen MR) is 128 cm³/mol. The third-order valence-electron chi connectivity index (χ3n) is 6.74. The average molecular weight is 524 g/mol. The van der Waals surface area contributed by atoms with E-state index >= 15 is 0 Å². The zero-order valence-corrected chi connectivity index (χ0v) is 19.9. The van der Waals surface area contributed by atoms with E-state index in [1.807, 2.05) is 0 Å². The highest BCUT2D eigenvalue weighted by Gasteiger charge is 2.30. The molecule has 9 nitrogen and oxygen atoms in total. The van der Waals surface area contributed by atoms with Gasteiger partial charge in [-0.15, -0.1) is 0 Å². The lowest BCUT2D eigenvalue weighted by atomic mass is 9.85. The van der Waals surface area contributed by atoms with Gasteiger partial charge in [0.2, 0.25) is 17.8 Å². The number of primary amides is 1. The van der Waals surface area contributed by atoms with Crippen molar-refractivity contribution >= 4 is 46.3 Å². The van der Waals surface area contributed by atoms with Crippen LogP contribution in [0, 0.1) is 17.6 Å². The second kappa shape index (κ2) is 10.1. The number of amides is 1. The van der Waals surface area contributed by atoms with E-state index in [1.54, 1.807) is 4.57 Å². The molecule has 1 saturated heterocycles. The first-order chi connectivity index (χ1) is 17.3. The molecule has 36 heavy (non-hydrogen) atoms. The number of nitrogens with zero attached hydrogens (tertiary/aromatic N) is 4. The lowest BCUT2D eigenvalue weighted by molar-refractivity contribution is -0.122. The van der Waals surface area contributed by atoms with Gasteiger partial charge in [0.05, 0.1) is 18.8 Å². The van der Waals surface area contributed by atoms with Crippen LogP contribution in [-0.4, -0.2) is 50.9 Å². The molecule has 2 fully saturated rings. The van der Waals surface area contributed by atoms with Gasteiger partial charge in [-0.2, -0.15) is 4.98 Å². The van der Waals surface area contributed by atoms with Crippen LogP contribution in [0.15, 0.2) is 18.3 Å². The largest absolute Gasteiger partial charge is 0.378 e. The number of benzene rings is 1. The fourth-order valence-electron chi connectivity index (χ4n) is 4.82. The Morgan fingerprint density at radius 3 is 2.53 bits per heavy atom. The van der Waals surface area contributed by atoms with Crippen molar-refractivity contribution in [1.29, 1.82) is 0 Å². The summed E-state index contributed by atoms with van der Waals surface area (Å²) in [7, 11) is 0. The van der Waals surface area contributed by atoms with Crippen LogP contribution < -0.4 is 16.4 Å². The van der Waals surface area contributed by atoms with Crippen molar-refractivity contribution in [2.24, 2.45) is 11.7 Å². The second-order valence-corrected chi connectivity index (χ2v) is 9.55. The minimum absolute atomic E-state index is 0.00671. The van der Waals surface area contributed by atoms with Crippen molar-refractivity contribution in [1.82, 2.24) is 19.5 Å². The van der Waals surface area contributed by atoms with Gasteiger partial charge in [-0.25, -0.2) is 23.1 Å². The molecule has 1 amide bonds. The maximum atomic E-state index is 14.6. The van der Waals surface area contributed by atoms with Gasteiger partial charge in [0.1, 0.15) is 17.4 Å². The Balaban J connectivity index is 1.53. The number of halogens is 4. The fourth-order valence-corrected chi connectivity index (χ4v) is 5.01. The first-order valence-corrected chi connectivity index (χ1v) is 12.1. The number of alkyl halides is 1. The molecule has 1 saturated carbocycles. The van der Waals surface area contributed by atoms with Crippen LogP contribution in [0.3, 0.4) is 0 Å². The van der Waals surface area contributed by atoms with E-state index in [2.05, 4.69) is 25.6 Å². The fraction of sp³-hybridized carbons (Fsp3) is 0.478. The molecular weight excluding hydrogens is 499 g/mol. The first kappa shape index (κ1) is 24.6. The number of imidazole rings is 1. The Hall–Kier alpha value is -3.12. The number of hydrogen-bond acceptors (Lipinski definition) is 7. The van der Waals surface area contributed by atoms with E-state index in [0.717, 1.165) is 12.1 Å². The van der Waals surface area contributed by atoms with Crippen molar-refractivity contribution in [2.45, 2.75) is 50.4 Å². The van der Waals surface area contributed by atoms with Crippen LogP contribution in [0.4, 0.5) is 30.8 Å². The summed E-state index contributed by atoms with van der Waals surface area (Å²) in [6, 6.07) is 1.32. The number of nitrogens with two attached hydrogens (primary N) is 1. The zero-order chi connectivity index (χ0) is 25.4. The normalized spacial score (nSPS) is 24.6. The van der Waals surface area contributed by atoms with Crippen molar-refractivity contribution in [3.05, 3.63) is 35.0 Å². The SMILES string of the molecule is NC(=O)C1CCC(n2c(Nc3c(F)cc(Cl)cc3F)nc3cnc(N[C@@H]4CCOC[C@H]4F)nc32)CC1. The van der Waals surface area contributed by atoms with E-state index < -0.39 is 29.5 Å². The number of carbonyl (C=O) groups is 1. The maximum absolute atomic E-state index is 14.6. The molecule has 5 rings (SSSR count). The number of carbonyl (C=O) groups excluding carboxylic acids is 1. The highest BCUT2D eigenvalue weighted by molar-refractivity contribution is 6.30. The highest BCUT2D eigenvalue weighted by Crippen LogP contribution is 2.37. The molecule has 1 aliphatic carbocycles. The summed E-state index contributed by atoms with van der Waals surface area (Å²) in [5, 5.41) is 5.70. The average Bonchev–Trinajstić information content (AvgIpc) is 3.20. The second-order valence-electron chi connectivity index (χ2n) is 9.12. The predicted octanol–water partition coefficient (Wildman–Crippen LogP) is 4.26. The van der Waals surface area contributed by atoms with E-state index in [1.165, 1.54) is 6.20 Å². The number of aromatic nitrogens is 4. The van der Waals surface area contributed by atoms with Gasteiger partial charge in [-0.05, 0) is 44.2 Å². The topological polar surface area (TPSA) is 120 Å². The van der Waals surface area contributed by atoms with E-state index in [-0.39, 0.29) is 41.4 Å². The summed E-state index contributed by atoms with van der Waals surface area (Å²) in [6.07, 6.45) is 3.01. The molecule has 0 spiro atoms. The molecule has 13 heteroatoms. The molecule has 2 atom stereocenters.